The molecule has 16 heavy (non-hydrogen) atoms. The Morgan fingerprint density at radius 1 is 1.19 bits per heavy atom. The molecule has 1 N–H and O–H groups in total. The Bertz CT molecular complexity index is 378. The number of rotatable bonds is 1. The molecule has 5 saturated carbocycles. The van der Waals surface area contributed by atoms with E-state index in [1.807, 2.05) is 0 Å². The first-order chi connectivity index (χ1) is 7.44. The molecular weight excluding hydrogens is 196 g/mol. The summed E-state index contributed by atoms with van der Waals surface area (Å²) in [7, 11) is 0. The molecule has 90 valence electrons. The molecule has 0 amide bonds. The van der Waals surface area contributed by atoms with Crippen molar-refractivity contribution in [1.29, 1.82) is 0 Å². The summed E-state index contributed by atoms with van der Waals surface area (Å²) in [6, 6.07) is 0. The predicted octanol–water partition coefficient (Wildman–Crippen LogP) is 3.22. The van der Waals surface area contributed by atoms with Crippen molar-refractivity contribution in [2.24, 2.45) is 33.5 Å². The molecule has 5 aliphatic rings. The van der Waals surface area contributed by atoms with Gasteiger partial charge in [-0.05, 0) is 59.2 Å². The topological polar surface area (TPSA) is 20.2 Å². The van der Waals surface area contributed by atoms with E-state index in [-0.39, 0.29) is 5.41 Å². The highest BCUT2D eigenvalue weighted by Crippen LogP contribution is 2.94. The third-order valence-corrected chi connectivity index (χ3v) is 7.81. The van der Waals surface area contributed by atoms with Crippen molar-refractivity contribution in [1.82, 2.24) is 0 Å². The molecule has 5 aliphatic carbocycles. The molecule has 6 atom stereocenters. The standard InChI is InChI=1S/C15H24O/c1-12(9-16)5-4-6-14(3)11-10-7-15(12,14)8-13(10,11)2/h10-11,16H,4-9H2,1-3H3/t10-,11+,12+,13-,14+,15-/m0/s1. The van der Waals surface area contributed by atoms with Crippen molar-refractivity contribution in [2.45, 2.75) is 52.9 Å². The number of hydrogen-bond acceptors (Lipinski definition) is 1. The van der Waals surface area contributed by atoms with Gasteiger partial charge in [0.05, 0.1) is 0 Å². The van der Waals surface area contributed by atoms with Gasteiger partial charge in [-0.15, -0.1) is 0 Å². The molecule has 0 aromatic carbocycles. The Labute approximate surface area is 98.6 Å². The average molecular weight is 220 g/mol. The van der Waals surface area contributed by atoms with Gasteiger partial charge in [0.2, 0.25) is 0 Å². The third kappa shape index (κ3) is 0.652. The van der Waals surface area contributed by atoms with Crippen LogP contribution in [0, 0.1) is 33.5 Å². The average Bonchev–Trinajstić information content (AvgIpc) is 2.54. The molecule has 5 rings (SSSR count). The predicted molar refractivity (Wildman–Crippen MR) is 63.9 cm³/mol. The molecule has 0 saturated heterocycles. The third-order valence-electron chi connectivity index (χ3n) is 7.81. The van der Waals surface area contributed by atoms with Crippen LogP contribution < -0.4 is 0 Å². The lowest BCUT2D eigenvalue weighted by Gasteiger charge is -2.56. The van der Waals surface area contributed by atoms with Gasteiger partial charge in [-0.1, -0.05) is 27.2 Å². The van der Waals surface area contributed by atoms with Crippen molar-refractivity contribution in [3.05, 3.63) is 0 Å². The van der Waals surface area contributed by atoms with Gasteiger partial charge in [0, 0.05) is 6.61 Å². The minimum absolute atomic E-state index is 0.223. The summed E-state index contributed by atoms with van der Waals surface area (Å²) in [5.74, 6) is 2.02. The van der Waals surface area contributed by atoms with E-state index in [4.69, 9.17) is 0 Å². The van der Waals surface area contributed by atoms with Crippen LogP contribution in [0.2, 0.25) is 0 Å². The molecule has 0 aliphatic heterocycles. The normalized spacial score (nSPS) is 70.5. The lowest BCUT2D eigenvalue weighted by atomic mass is 9.48. The largest absolute Gasteiger partial charge is 0.396 e. The van der Waals surface area contributed by atoms with E-state index in [0.29, 0.717) is 22.9 Å². The maximum absolute atomic E-state index is 9.92. The van der Waals surface area contributed by atoms with E-state index in [9.17, 15) is 5.11 Å². The van der Waals surface area contributed by atoms with Crippen LogP contribution in [0.25, 0.3) is 0 Å². The Balaban J connectivity index is 1.90. The quantitative estimate of drug-likeness (QED) is 0.719. The summed E-state index contributed by atoms with van der Waals surface area (Å²) < 4.78 is 0. The molecule has 0 radical (unpaired) electrons. The van der Waals surface area contributed by atoms with Crippen molar-refractivity contribution in [3.63, 3.8) is 0 Å². The monoisotopic (exact) mass is 220 g/mol. The zero-order valence-electron chi connectivity index (χ0n) is 10.8. The summed E-state index contributed by atoms with van der Waals surface area (Å²) in [5, 5.41) is 9.92. The molecule has 0 aromatic rings. The van der Waals surface area contributed by atoms with E-state index in [2.05, 4.69) is 20.8 Å². The van der Waals surface area contributed by atoms with Crippen molar-refractivity contribution >= 4 is 0 Å². The van der Waals surface area contributed by atoms with Gasteiger partial charge in [0.1, 0.15) is 0 Å². The molecule has 0 unspecified atom stereocenters. The van der Waals surface area contributed by atoms with Crippen LogP contribution in [-0.4, -0.2) is 11.7 Å². The van der Waals surface area contributed by atoms with Crippen LogP contribution in [0.15, 0.2) is 0 Å². The van der Waals surface area contributed by atoms with Crippen molar-refractivity contribution in [2.75, 3.05) is 6.61 Å². The maximum Gasteiger partial charge on any atom is 0.0490 e. The molecule has 1 nitrogen and oxygen atoms in total. The van der Waals surface area contributed by atoms with E-state index in [1.165, 1.54) is 32.1 Å². The van der Waals surface area contributed by atoms with Crippen molar-refractivity contribution in [3.8, 4) is 0 Å². The van der Waals surface area contributed by atoms with Gasteiger partial charge in [0.25, 0.3) is 0 Å². The fourth-order valence-electron chi connectivity index (χ4n) is 7.11. The summed E-state index contributed by atoms with van der Waals surface area (Å²) in [5.41, 5.74) is 1.97. The molecule has 0 aromatic heterocycles. The van der Waals surface area contributed by atoms with Gasteiger partial charge in [0.15, 0.2) is 0 Å². The summed E-state index contributed by atoms with van der Waals surface area (Å²) in [6.45, 7) is 7.88. The van der Waals surface area contributed by atoms with Crippen LogP contribution in [0.4, 0.5) is 0 Å². The second-order valence-electron chi connectivity index (χ2n) is 8.04. The zero-order chi connectivity index (χ0) is 11.4. The molecule has 0 heterocycles. The lowest BCUT2D eigenvalue weighted by molar-refractivity contribution is -0.105. The van der Waals surface area contributed by atoms with E-state index in [1.54, 1.807) is 0 Å². The van der Waals surface area contributed by atoms with Gasteiger partial charge < -0.3 is 5.11 Å². The first-order valence-electron chi connectivity index (χ1n) is 7.05. The summed E-state index contributed by atoms with van der Waals surface area (Å²) in [4.78, 5) is 0. The van der Waals surface area contributed by atoms with E-state index < -0.39 is 0 Å². The maximum atomic E-state index is 9.92. The van der Waals surface area contributed by atoms with Gasteiger partial charge in [-0.2, -0.15) is 0 Å². The molecular formula is C15H24O. The minimum Gasteiger partial charge on any atom is -0.396 e. The second kappa shape index (κ2) is 2.25. The molecule has 5 fully saturated rings. The zero-order valence-corrected chi connectivity index (χ0v) is 10.8. The minimum atomic E-state index is 0.223. The lowest BCUT2D eigenvalue weighted by Crippen LogP contribution is -2.51. The fraction of sp³-hybridized carbons (Fsp3) is 1.00. The fourth-order valence-corrected chi connectivity index (χ4v) is 7.11. The van der Waals surface area contributed by atoms with Crippen LogP contribution >= 0.6 is 0 Å². The first-order valence-corrected chi connectivity index (χ1v) is 7.05. The number of aliphatic hydroxyl groups is 1. The van der Waals surface area contributed by atoms with E-state index >= 15 is 0 Å². The second-order valence-corrected chi connectivity index (χ2v) is 8.04. The van der Waals surface area contributed by atoms with Gasteiger partial charge in [-0.3, -0.25) is 0 Å². The van der Waals surface area contributed by atoms with Crippen LogP contribution in [-0.2, 0) is 0 Å². The highest BCUT2D eigenvalue weighted by molar-refractivity contribution is 5.36. The SMILES string of the molecule is C[C@]12C[C@]34C[C@H]1[C@H]2[C@@]3(C)CCC[C@]4(C)CO. The Morgan fingerprint density at radius 2 is 1.94 bits per heavy atom. The van der Waals surface area contributed by atoms with Crippen LogP contribution in [0.3, 0.4) is 0 Å². The van der Waals surface area contributed by atoms with Crippen molar-refractivity contribution < 1.29 is 5.11 Å². The molecule has 4 bridgehead atoms. The smallest absolute Gasteiger partial charge is 0.0490 e. The Morgan fingerprint density at radius 3 is 2.50 bits per heavy atom. The summed E-state index contributed by atoms with van der Waals surface area (Å²) >= 11 is 0. The van der Waals surface area contributed by atoms with Crippen LogP contribution in [0.1, 0.15) is 52.9 Å². The Hall–Kier alpha value is -0.0400. The Kier molecular flexibility index (Phi) is 1.40. The van der Waals surface area contributed by atoms with E-state index in [0.717, 1.165) is 11.8 Å². The first kappa shape index (κ1) is 9.94. The number of aliphatic hydroxyl groups excluding tert-OH is 1. The molecule has 1 spiro atoms. The number of hydrogen-bond donors (Lipinski definition) is 1. The summed E-state index contributed by atoms with van der Waals surface area (Å²) in [6.07, 6.45) is 6.88. The molecule has 1 heteroatoms. The van der Waals surface area contributed by atoms with Gasteiger partial charge in [-0.25, -0.2) is 0 Å². The highest BCUT2D eigenvalue weighted by Gasteiger charge is 2.88. The van der Waals surface area contributed by atoms with Crippen LogP contribution in [0.5, 0.6) is 0 Å². The van der Waals surface area contributed by atoms with Gasteiger partial charge >= 0.3 is 0 Å². The highest BCUT2D eigenvalue weighted by atomic mass is 16.3.